The van der Waals surface area contributed by atoms with Gasteiger partial charge in [0.25, 0.3) is 0 Å². The first-order chi connectivity index (χ1) is 10.1. The van der Waals surface area contributed by atoms with Gasteiger partial charge in [0.05, 0.1) is 6.61 Å². The normalized spacial score (nSPS) is 15.9. The molecule has 0 amide bonds. The van der Waals surface area contributed by atoms with Gasteiger partial charge < -0.3 is 10.5 Å². The molecule has 1 aromatic carbocycles. The molecule has 0 aromatic heterocycles. The highest BCUT2D eigenvalue weighted by Gasteiger charge is 2.38. The van der Waals surface area contributed by atoms with E-state index < -0.39 is 0 Å². The summed E-state index contributed by atoms with van der Waals surface area (Å²) in [5.74, 6) is 1.03. The Labute approximate surface area is 129 Å². The lowest BCUT2D eigenvalue weighted by molar-refractivity contribution is 0.0625. The molecule has 0 bridgehead atoms. The van der Waals surface area contributed by atoms with Crippen LogP contribution in [0.3, 0.4) is 0 Å². The number of hydrogen-bond acceptors (Lipinski definition) is 3. The summed E-state index contributed by atoms with van der Waals surface area (Å²) in [7, 11) is 0. The Morgan fingerprint density at radius 1 is 1.19 bits per heavy atom. The molecule has 1 unspecified atom stereocenters. The fourth-order valence-corrected chi connectivity index (χ4v) is 3.90. The summed E-state index contributed by atoms with van der Waals surface area (Å²) in [6.45, 7) is 11.9. The van der Waals surface area contributed by atoms with Gasteiger partial charge in [-0.05, 0) is 43.1 Å². The molecule has 0 saturated heterocycles. The monoisotopic (exact) mass is 290 g/mol. The molecule has 0 aliphatic carbocycles. The Bertz CT molecular complexity index is 464. The second kappa shape index (κ2) is 6.80. The standard InChI is InChI=1S/C18H30N2O/c1-5-18(6-2,20(7-3)8-4)17(19)15-9-10-16-14(13-15)11-12-21-16/h9-10,13,17H,5-8,11-12,19H2,1-4H3. The van der Waals surface area contributed by atoms with Gasteiger partial charge in [-0.1, -0.05) is 39.8 Å². The Morgan fingerprint density at radius 2 is 1.86 bits per heavy atom. The van der Waals surface area contributed by atoms with Crippen LogP contribution in [0.15, 0.2) is 18.2 Å². The molecule has 0 fully saturated rings. The van der Waals surface area contributed by atoms with Crippen LogP contribution in [0.25, 0.3) is 0 Å². The van der Waals surface area contributed by atoms with E-state index in [4.69, 9.17) is 10.5 Å². The average Bonchev–Trinajstić information content (AvgIpc) is 2.99. The van der Waals surface area contributed by atoms with Crippen LogP contribution in [0.4, 0.5) is 0 Å². The lowest BCUT2D eigenvalue weighted by atomic mass is 9.79. The first-order valence-corrected chi connectivity index (χ1v) is 8.39. The van der Waals surface area contributed by atoms with Crippen molar-refractivity contribution in [3.05, 3.63) is 29.3 Å². The molecule has 0 saturated carbocycles. The molecule has 3 heteroatoms. The van der Waals surface area contributed by atoms with Crippen molar-refractivity contribution in [3.8, 4) is 5.75 Å². The van der Waals surface area contributed by atoms with Crippen molar-refractivity contribution in [2.45, 2.75) is 58.5 Å². The number of hydrogen-bond donors (Lipinski definition) is 1. The summed E-state index contributed by atoms with van der Waals surface area (Å²) in [6.07, 6.45) is 3.15. The molecule has 2 rings (SSSR count). The molecule has 0 radical (unpaired) electrons. The zero-order chi connectivity index (χ0) is 15.5. The zero-order valence-corrected chi connectivity index (χ0v) is 14.0. The summed E-state index contributed by atoms with van der Waals surface area (Å²) in [4.78, 5) is 2.53. The van der Waals surface area contributed by atoms with Crippen LogP contribution in [0, 0.1) is 0 Å². The van der Waals surface area contributed by atoms with E-state index in [0.717, 1.165) is 44.7 Å². The van der Waals surface area contributed by atoms with Gasteiger partial charge in [0, 0.05) is 18.0 Å². The highest BCUT2D eigenvalue weighted by molar-refractivity contribution is 5.41. The van der Waals surface area contributed by atoms with Gasteiger partial charge in [-0.2, -0.15) is 0 Å². The maximum atomic E-state index is 6.76. The van der Waals surface area contributed by atoms with E-state index in [1.165, 1.54) is 11.1 Å². The third kappa shape index (κ3) is 2.82. The summed E-state index contributed by atoms with van der Waals surface area (Å²) >= 11 is 0. The van der Waals surface area contributed by atoms with Crippen LogP contribution in [-0.2, 0) is 6.42 Å². The molecule has 21 heavy (non-hydrogen) atoms. The summed E-state index contributed by atoms with van der Waals surface area (Å²) in [5.41, 5.74) is 9.35. The second-order valence-corrected chi connectivity index (χ2v) is 5.93. The Hall–Kier alpha value is -1.06. The van der Waals surface area contributed by atoms with Crippen molar-refractivity contribution >= 4 is 0 Å². The van der Waals surface area contributed by atoms with E-state index in [-0.39, 0.29) is 11.6 Å². The van der Waals surface area contributed by atoms with Crippen molar-refractivity contribution in [2.24, 2.45) is 5.73 Å². The van der Waals surface area contributed by atoms with Gasteiger partial charge in [0.1, 0.15) is 5.75 Å². The van der Waals surface area contributed by atoms with Gasteiger partial charge in [0.2, 0.25) is 0 Å². The SMILES string of the molecule is CCN(CC)C(CC)(CC)C(N)c1ccc2c(c1)CCO2. The number of rotatable bonds is 7. The highest BCUT2D eigenvalue weighted by Crippen LogP contribution is 2.37. The van der Waals surface area contributed by atoms with Gasteiger partial charge in [-0.15, -0.1) is 0 Å². The van der Waals surface area contributed by atoms with E-state index in [9.17, 15) is 0 Å². The molecular formula is C18H30N2O. The largest absolute Gasteiger partial charge is 0.493 e. The van der Waals surface area contributed by atoms with Crippen LogP contribution >= 0.6 is 0 Å². The molecule has 1 aromatic rings. The summed E-state index contributed by atoms with van der Waals surface area (Å²) in [6, 6.07) is 6.54. The quantitative estimate of drug-likeness (QED) is 0.835. The number of likely N-dealkylation sites (N-methyl/N-ethyl adjacent to an activating group) is 1. The van der Waals surface area contributed by atoms with Crippen LogP contribution in [0.5, 0.6) is 5.75 Å². The van der Waals surface area contributed by atoms with E-state index in [1.807, 2.05) is 0 Å². The predicted octanol–water partition coefficient (Wildman–Crippen LogP) is 3.52. The van der Waals surface area contributed by atoms with Gasteiger partial charge in [-0.3, -0.25) is 4.90 Å². The smallest absolute Gasteiger partial charge is 0.122 e. The lowest BCUT2D eigenvalue weighted by Crippen LogP contribution is -2.54. The van der Waals surface area contributed by atoms with E-state index in [0.29, 0.717) is 0 Å². The average molecular weight is 290 g/mol. The zero-order valence-electron chi connectivity index (χ0n) is 14.0. The summed E-state index contributed by atoms with van der Waals surface area (Å²) in [5, 5.41) is 0. The van der Waals surface area contributed by atoms with Gasteiger partial charge >= 0.3 is 0 Å². The van der Waals surface area contributed by atoms with Crippen molar-refractivity contribution in [1.29, 1.82) is 0 Å². The summed E-state index contributed by atoms with van der Waals surface area (Å²) < 4.78 is 5.61. The van der Waals surface area contributed by atoms with Crippen LogP contribution in [-0.4, -0.2) is 30.1 Å². The number of nitrogens with zero attached hydrogens (tertiary/aromatic N) is 1. The minimum absolute atomic E-state index is 0.0389. The van der Waals surface area contributed by atoms with Crippen molar-refractivity contribution < 1.29 is 4.74 Å². The van der Waals surface area contributed by atoms with Crippen LogP contribution in [0.2, 0.25) is 0 Å². The third-order valence-corrected chi connectivity index (χ3v) is 5.27. The van der Waals surface area contributed by atoms with Crippen molar-refractivity contribution in [1.82, 2.24) is 4.90 Å². The molecule has 1 atom stereocenters. The maximum Gasteiger partial charge on any atom is 0.122 e. The first kappa shape index (κ1) is 16.3. The molecule has 3 nitrogen and oxygen atoms in total. The van der Waals surface area contributed by atoms with Crippen molar-refractivity contribution in [2.75, 3.05) is 19.7 Å². The fraction of sp³-hybridized carbons (Fsp3) is 0.667. The molecule has 0 spiro atoms. The molecule has 1 aliphatic heterocycles. The Morgan fingerprint density at radius 3 is 2.43 bits per heavy atom. The first-order valence-electron chi connectivity index (χ1n) is 8.39. The maximum absolute atomic E-state index is 6.76. The van der Waals surface area contributed by atoms with E-state index in [2.05, 4.69) is 50.8 Å². The molecule has 1 heterocycles. The third-order valence-electron chi connectivity index (χ3n) is 5.27. The number of fused-ring (bicyclic) bond motifs is 1. The number of ether oxygens (including phenoxy) is 1. The lowest BCUT2D eigenvalue weighted by Gasteiger charge is -2.46. The number of nitrogens with two attached hydrogens (primary N) is 1. The van der Waals surface area contributed by atoms with Crippen molar-refractivity contribution in [3.63, 3.8) is 0 Å². The number of benzene rings is 1. The fourth-order valence-electron chi connectivity index (χ4n) is 3.90. The predicted molar refractivity (Wildman–Crippen MR) is 88.8 cm³/mol. The minimum Gasteiger partial charge on any atom is -0.493 e. The minimum atomic E-state index is 0.0389. The topological polar surface area (TPSA) is 38.5 Å². The van der Waals surface area contributed by atoms with E-state index >= 15 is 0 Å². The molecule has 1 aliphatic rings. The molecular weight excluding hydrogens is 260 g/mol. The van der Waals surface area contributed by atoms with Crippen LogP contribution in [0.1, 0.15) is 57.7 Å². The Kier molecular flexibility index (Phi) is 5.28. The van der Waals surface area contributed by atoms with Crippen LogP contribution < -0.4 is 10.5 Å². The second-order valence-electron chi connectivity index (χ2n) is 5.93. The van der Waals surface area contributed by atoms with Gasteiger partial charge in [0.15, 0.2) is 0 Å². The molecule has 2 N–H and O–H groups in total. The highest BCUT2D eigenvalue weighted by atomic mass is 16.5. The molecule has 118 valence electrons. The van der Waals surface area contributed by atoms with E-state index in [1.54, 1.807) is 0 Å². The Balaban J connectivity index is 2.36. The van der Waals surface area contributed by atoms with Gasteiger partial charge in [-0.25, -0.2) is 0 Å².